The van der Waals surface area contributed by atoms with Crippen LogP contribution in [0.2, 0.25) is 0 Å². The molecular weight excluding hydrogens is 314 g/mol. The quantitative estimate of drug-likeness (QED) is 0.306. The normalized spacial score (nSPS) is 18.2. The van der Waals surface area contributed by atoms with Gasteiger partial charge in [-0.1, -0.05) is 75.6 Å². The largest absolute Gasteiger partial charge is 0.301 e. The Labute approximate surface area is 162 Å². The highest BCUT2D eigenvalue weighted by Crippen LogP contribution is 2.46. The van der Waals surface area contributed by atoms with Crippen molar-refractivity contribution in [3.8, 4) is 0 Å². The first kappa shape index (κ1) is 21.2. The fraction of sp³-hybridized carbons (Fsp3) is 0.680. The lowest BCUT2D eigenvalue weighted by atomic mass is 9.64. The minimum atomic E-state index is 0.217. The average Bonchev–Trinajstić information content (AvgIpc) is 3.20. The van der Waals surface area contributed by atoms with Crippen LogP contribution in [0.4, 0.5) is 0 Å². The van der Waals surface area contributed by atoms with E-state index in [0.29, 0.717) is 6.04 Å². The van der Waals surface area contributed by atoms with E-state index < -0.39 is 0 Å². The van der Waals surface area contributed by atoms with Gasteiger partial charge >= 0.3 is 0 Å². The number of benzene rings is 1. The number of allylic oxidation sites excluding steroid dienone is 2. The molecule has 0 bridgehead atoms. The van der Waals surface area contributed by atoms with Gasteiger partial charge in [0.1, 0.15) is 0 Å². The molecule has 1 aliphatic carbocycles. The average molecular weight is 356 g/mol. The van der Waals surface area contributed by atoms with Gasteiger partial charge in [-0.15, -0.1) is 0 Å². The van der Waals surface area contributed by atoms with Crippen molar-refractivity contribution in [2.45, 2.75) is 91.0 Å². The lowest BCUT2D eigenvalue weighted by molar-refractivity contribution is 0.221. The van der Waals surface area contributed by atoms with Crippen LogP contribution in [0.15, 0.2) is 42.0 Å². The van der Waals surface area contributed by atoms with Crippen LogP contribution in [-0.4, -0.2) is 24.0 Å². The number of nitrogens with zero attached hydrogens (tertiary/aromatic N) is 1. The summed E-state index contributed by atoms with van der Waals surface area (Å²) in [5.41, 5.74) is 3.44. The van der Waals surface area contributed by atoms with E-state index in [-0.39, 0.29) is 5.41 Å². The Balaban J connectivity index is 2.08. The van der Waals surface area contributed by atoms with Crippen molar-refractivity contribution in [1.82, 2.24) is 4.90 Å². The number of hydrogen-bond acceptors (Lipinski definition) is 1. The third kappa shape index (κ3) is 5.00. The maximum atomic E-state index is 2.59. The molecule has 0 N–H and O–H groups in total. The molecule has 0 radical (unpaired) electrons. The molecule has 0 spiro atoms. The van der Waals surface area contributed by atoms with Crippen molar-refractivity contribution in [1.29, 1.82) is 0 Å². The van der Waals surface area contributed by atoms with Crippen molar-refractivity contribution in [2.75, 3.05) is 13.1 Å². The Hall–Kier alpha value is -1.08. The summed E-state index contributed by atoms with van der Waals surface area (Å²) in [6.07, 6.45) is 11.7. The van der Waals surface area contributed by atoms with Crippen molar-refractivity contribution in [2.24, 2.45) is 5.92 Å². The minimum absolute atomic E-state index is 0.217. The zero-order chi connectivity index (χ0) is 19.0. The zero-order valence-corrected chi connectivity index (χ0v) is 17.9. The molecular formula is C25H41N. The van der Waals surface area contributed by atoms with Crippen LogP contribution in [0.25, 0.3) is 0 Å². The topological polar surface area (TPSA) is 3.24 Å². The van der Waals surface area contributed by atoms with Crippen molar-refractivity contribution in [3.05, 3.63) is 47.5 Å². The Morgan fingerprint density at radius 2 is 1.81 bits per heavy atom. The second-order valence-electron chi connectivity index (χ2n) is 8.51. The molecule has 1 aliphatic rings. The highest BCUT2D eigenvalue weighted by molar-refractivity contribution is 5.38. The van der Waals surface area contributed by atoms with E-state index in [1.807, 2.05) is 0 Å². The summed E-state index contributed by atoms with van der Waals surface area (Å²) >= 11 is 0. The SMILES string of the molecule is CCC(CCCCN(CC)C(C)C)C(C)(C1=CCCC1)c1ccccc1. The predicted molar refractivity (Wildman–Crippen MR) is 116 cm³/mol. The van der Waals surface area contributed by atoms with Crippen LogP contribution < -0.4 is 0 Å². The molecule has 0 amide bonds. The molecule has 2 atom stereocenters. The van der Waals surface area contributed by atoms with Crippen LogP contribution in [0.5, 0.6) is 0 Å². The van der Waals surface area contributed by atoms with Gasteiger partial charge in [0.2, 0.25) is 0 Å². The highest BCUT2D eigenvalue weighted by Gasteiger charge is 2.38. The van der Waals surface area contributed by atoms with E-state index in [0.717, 1.165) is 5.92 Å². The van der Waals surface area contributed by atoms with E-state index in [1.165, 1.54) is 63.6 Å². The fourth-order valence-electron chi connectivity index (χ4n) is 5.00. The van der Waals surface area contributed by atoms with E-state index in [1.54, 1.807) is 5.57 Å². The van der Waals surface area contributed by atoms with Crippen LogP contribution in [-0.2, 0) is 5.41 Å². The summed E-state index contributed by atoms with van der Waals surface area (Å²) < 4.78 is 0. The van der Waals surface area contributed by atoms with Gasteiger partial charge in [-0.2, -0.15) is 0 Å². The third-order valence-corrected chi connectivity index (χ3v) is 6.78. The predicted octanol–water partition coefficient (Wildman–Crippen LogP) is 6.98. The Bertz CT molecular complexity index is 545. The standard InChI is InChI=1S/C25H41N/c1-6-22(15-13-14-20-26(7-2)21(3)4)25(5,24-18-11-12-19-24)23-16-9-8-10-17-23/h8-10,16-18,21-22H,6-7,11-15,19-20H2,1-5H3. The molecule has 26 heavy (non-hydrogen) atoms. The molecule has 0 aliphatic heterocycles. The van der Waals surface area contributed by atoms with Gasteiger partial charge in [-0.25, -0.2) is 0 Å². The second-order valence-corrected chi connectivity index (χ2v) is 8.51. The molecule has 1 heteroatoms. The highest BCUT2D eigenvalue weighted by atomic mass is 15.1. The van der Waals surface area contributed by atoms with Crippen molar-refractivity contribution in [3.63, 3.8) is 0 Å². The monoisotopic (exact) mass is 355 g/mol. The van der Waals surface area contributed by atoms with Crippen molar-refractivity contribution >= 4 is 0 Å². The maximum absolute atomic E-state index is 2.59. The molecule has 0 fully saturated rings. The maximum Gasteiger partial charge on any atom is 0.0161 e. The summed E-state index contributed by atoms with van der Waals surface area (Å²) in [7, 11) is 0. The van der Waals surface area contributed by atoms with E-state index in [2.05, 4.69) is 75.9 Å². The van der Waals surface area contributed by atoms with Gasteiger partial charge in [0.15, 0.2) is 0 Å². The molecule has 2 unspecified atom stereocenters. The van der Waals surface area contributed by atoms with Crippen LogP contribution in [0.3, 0.4) is 0 Å². The molecule has 1 aromatic carbocycles. The van der Waals surface area contributed by atoms with Crippen LogP contribution in [0, 0.1) is 5.92 Å². The van der Waals surface area contributed by atoms with Crippen LogP contribution in [0.1, 0.15) is 85.1 Å². The van der Waals surface area contributed by atoms with Gasteiger partial charge < -0.3 is 4.90 Å². The second kappa shape index (κ2) is 10.3. The number of unbranched alkanes of at least 4 members (excludes halogenated alkanes) is 1. The lowest BCUT2D eigenvalue weighted by Crippen LogP contribution is -2.34. The Morgan fingerprint density at radius 1 is 1.08 bits per heavy atom. The minimum Gasteiger partial charge on any atom is -0.301 e. The van der Waals surface area contributed by atoms with E-state index >= 15 is 0 Å². The van der Waals surface area contributed by atoms with Gasteiger partial charge in [-0.3, -0.25) is 0 Å². The molecule has 0 saturated heterocycles. The smallest absolute Gasteiger partial charge is 0.0161 e. The van der Waals surface area contributed by atoms with Gasteiger partial charge in [0, 0.05) is 11.5 Å². The summed E-state index contributed by atoms with van der Waals surface area (Å²) in [6, 6.07) is 12.0. The molecule has 1 nitrogen and oxygen atoms in total. The molecule has 0 heterocycles. The molecule has 1 aromatic rings. The number of hydrogen-bond donors (Lipinski definition) is 0. The van der Waals surface area contributed by atoms with Crippen LogP contribution >= 0.6 is 0 Å². The van der Waals surface area contributed by atoms with Gasteiger partial charge in [-0.05, 0) is 70.5 Å². The van der Waals surface area contributed by atoms with Gasteiger partial charge in [0.25, 0.3) is 0 Å². The van der Waals surface area contributed by atoms with E-state index in [9.17, 15) is 0 Å². The van der Waals surface area contributed by atoms with E-state index in [4.69, 9.17) is 0 Å². The first-order chi connectivity index (χ1) is 12.5. The Morgan fingerprint density at radius 3 is 2.35 bits per heavy atom. The first-order valence-corrected chi connectivity index (χ1v) is 11.0. The molecule has 0 saturated carbocycles. The molecule has 146 valence electrons. The van der Waals surface area contributed by atoms with Crippen molar-refractivity contribution < 1.29 is 0 Å². The fourth-order valence-corrected chi connectivity index (χ4v) is 5.00. The number of rotatable bonds is 11. The zero-order valence-electron chi connectivity index (χ0n) is 17.9. The lowest BCUT2D eigenvalue weighted by Gasteiger charge is -2.40. The van der Waals surface area contributed by atoms with Gasteiger partial charge in [0.05, 0.1) is 0 Å². The third-order valence-electron chi connectivity index (χ3n) is 6.78. The summed E-state index contributed by atoms with van der Waals surface area (Å²) in [5, 5.41) is 0. The Kier molecular flexibility index (Phi) is 8.41. The molecule has 0 aromatic heterocycles. The molecule has 2 rings (SSSR count). The summed E-state index contributed by atoms with van der Waals surface area (Å²) in [4.78, 5) is 2.59. The first-order valence-electron chi connectivity index (χ1n) is 11.0. The summed E-state index contributed by atoms with van der Waals surface area (Å²) in [6.45, 7) is 14.3. The summed E-state index contributed by atoms with van der Waals surface area (Å²) in [5.74, 6) is 0.739.